The normalized spacial score (nSPS) is 11.2. The minimum absolute atomic E-state index is 0.233. The van der Waals surface area contributed by atoms with Gasteiger partial charge in [-0.1, -0.05) is 12.2 Å². The Morgan fingerprint density at radius 2 is 2.35 bits per heavy atom. The summed E-state index contributed by atoms with van der Waals surface area (Å²) in [6, 6.07) is 4.09. The van der Waals surface area contributed by atoms with E-state index in [1.165, 1.54) is 7.11 Å². The van der Waals surface area contributed by atoms with Gasteiger partial charge in [0.25, 0.3) is 0 Å². The SMILES string of the molecule is COC(=O)CC=Cc1cc2cn[nH]c2cc1C. The number of hydrogen-bond donors (Lipinski definition) is 1. The van der Waals surface area contributed by atoms with Crippen LogP contribution >= 0.6 is 0 Å². The van der Waals surface area contributed by atoms with Crippen molar-refractivity contribution < 1.29 is 9.53 Å². The number of carbonyl (C=O) groups is 1. The molecule has 1 aromatic heterocycles. The molecular weight excluding hydrogens is 216 g/mol. The lowest BCUT2D eigenvalue weighted by molar-refractivity contribution is -0.139. The summed E-state index contributed by atoms with van der Waals surface area (Å²) in [6.07, 6.45) is 5.81. The second kappa shape index (κ2) is 4.82. The molecule has 0 aliphatic heterocycles. The standard InChI is InChI=1S/C13H14N2O2/c1-9-6-12-11(8-14-15-12)7-10(9)4-3-5-13(16)17-2/h3-4,6-8H,5H2,1-2H3,(H,14,15). The van der Waals surface area contributed by atoms with Crippen LogP contribution in [0.25, 0.3) is 17.0 Å². The second-order valence-electron chi connectivity index (χ2n) is 3.85. The van der Waals surface area contributed by atoms with Crippen LogP contribution in [0, 0.1) is 6.92 Å². The Labute approximate surface area is 99.3 Å². The Kier molecular flexibility index (Phi) is 3.23. The molecule has 0 saturated heterocycles. The Morgan fingerprint density at radius 1 is 1.53 bits per heavy atom. The van der Waals surface area contributed by atoms with Gasteiger partial charge in [0.1, 0.15) is 0 Å². The van der Waals surface area contributed by atoms with Gasteiger partial charge in [-0.3, -0.25) is 9.89 Å². The molecule has 0 unspecified atom stereocenters. The Hall–Kier alpha value is -2.10. The smallest absolute Gasteiger partial charge is 0.309 e. The number of rotatable bonds is 3. The molecule has 4 nitrogen and oxygen atoms in total. The predicted octanol–water partition coefficient (Wildman–Crippen LogP) is 2.45. The third-order valence-corrected chi connectivity index (χ3v) is 2.64. The fourth-order valence-corrected chi connectivity index (χ4v) is 1.66. The van der Waals surface area contributed by atoms with Gasteiger partial charge in [-0.15, -0.1) is 0 Å². The molecule has 1 N–H and O–H groups in total. The lowest BCUT2D eigenvalue weighted by Gasteiger charge is -2.00. The summed E-state index contributed by atoms with van der Waals surface area (Å²) >= 11 is 0. The summed E-state index contributed by atoms with van der Waals surface area (Å²) in [5.41, 5.74) is 3.25. The fraction of sp³-hybridized carbons (Fsp3) is 0.231. The van der Waals surface area contributed by atoms with E-state index in [2.05, 4.69) is 14.9 Å². The minimum Gasteiger partial charge on any atom is -0.469 e. The third kappa shape index (κ3) is 2.53. The average Bonchev–Trinajstić information content (AvgIpc) is 2.76. The van der Waals surface area contributed by atoms with Crippen LogP contribution in [0.4, 0.5) is 0 Å². The second-order valence-corrected chi connectivity index (χ2v) is 3.85. The predicted molar refractivity (Wildman–Crippen MR) is 66.5 cm³/mol. The molecule has 0 saturated carbocycles. The molecule has 0 aliphatic rings. The summed E-state index contributed by atoms with van der Waals surface area (Å²) in [6.45, 7) is 2.03. The minimum atomic E-state index is -0.233. The zero-order chi connectivity index (χ0) is 12.3. The van der Waals surface area contributed by atoms with E-state index in [0.717, 1.165) is 22.0 Å². The number of carbonyl (C=O) groups excluding carboxylic acids is 1. The highest BCUT2D eigenvalue weighted by molar-refractivity contribution is 5.82. The van der Waals surface area contributed by atoms with Gasteiger partial charge >= 0.3 is 5.97 Å². The number of fused-ring (bicyclic) bond motifs is 1. The van der Waals surface area contributed by atoms with Crippen molar-refractivity contribution in [3.8, 4) is 0 Å². The van der Waals surface area contributed by atoms with Gasteiger partial charge in [0, 0.05) is 5.39 Å². The molecule has 1 heterocycles. The van der Waals surface area contributed by atoms with Crippen LogP contribution < -0.4 is 0 Å². The molecule has 0 aliphatic carbocycles. The molecule has 2 rings (SSSR count). The number of H-pyrrole nitrogens is 1. The third-order valence-electron chi connectivity index (χ3n) is 2.64. The largest absolute Gasteiger partial charge is 0.469 e. The maximum absolute atomic E-state index is 11.0. The molecule has 17 heavy (non-hydrogen) atoms. The molecule has 0 bridgehead atoms. The lowest BCUT2D eigenvalue weighted by atomic mass is 10.1. The van der Waals surface area contributed by atoms with Crippen LogP contribution in [0.5, 0.6) is 0 Å². The van der Waals surface area contributed by atoms with Crippen molar-refractivity contribution in [2.45, 2.75) is 13.3 Å². The van der Waals surface area contributed by atoms with Crippen molar-refractivity contribution in [2.24, 2.45) is 0 Å². The van der Waals surface area contributed by atoms with E-state index in [9.17, 15) is 4.79 Å². The number of ether oxygens (including phenoxy) is 1. The molecule has 2 aromatic rings. The number of methoxy groups -OCH3 is 1. The van der Waals surface area contributed by atoms with E-state index in [0.29, 0.717) is 6.42 Å². The maximum atomic E-state index is 11.0. The van der Waals surface area contributed by atoms with Crippen molar-refractivity contribution in [1.82, 2.24) is 10.2 Å². The van der Waals surface area contributed by atoms with Crippen molar-refractivity contribution in [3.05, 3.63) is 35.5 Å². The monoisotopic (exact) mass is 230 g/mol. The first kappa shape index (κ1) is 11.4. The van der Waals surface area contributed by atoms with Gasteiger partial charge in [-0.25, -0.2) is 0 Å². The topological polar surface area (TPSA) is 55.0 Å². The molecule has 0 atom stereocenters. The van der Waals surface area contributed by atoms with E-state index in [1.54, 1.807) is 12.3 Å². The maximum Gasteiger partial charge on any atom is 0.309 e. The summed E-state index contributed by atoms with van der Waals surface area (Å²) in [5.74, 6) is -0.233. The van der Waals surface area contributed by atoms with E-state index in [-0.39, 0.29) is 5.97 Å². The molecule has 0 radical (unpaired) electrons. The first-order valence-corrected chi connectivity index (χ1v) is 5.38. The number of esters is 1. The molecule has 0 spiro atoms. The molecule has 88 valence electrons. The fourth-order valence-electron chi connectivity index (χ4n) is 1.66. The van der Waals surface area contributed by atoms with Gasteiger partial charge in [0.15, 0.2) is 0 Å². The zero-order valence-electron chi connectivity index (χ0n) is 9.86. The highest BCUT2D eigenvalue weighted by Crippen LogP contribution is 2.18. The van der Waals surface area contributed by atoms with Crippen LogP contribution in [0.1, 0.15) is 17.5 Å². The van der Waals surface area contributed by atoms with E-state index < -0.39 is 0 Å². The summed E-state index contributed by atoms with van der Waals surface area (Å²) in [5, 5.41) is 7.97. The Balaban J connectivity index is 2.22. The van der Waals surface area contributed by atoms with Crippen molar-refractivity contribution in [2.75, 3.05) is 7.11 Å². The number of aromatic nitrogens is 2. The molecule has 4 heteroatoms. The first-order valence-electron chi connectivity index (χ1n) is 5.38. The number of nitrogens with one attached hydrogen (secondary N) is 1. The van der Waals surface area contributed by atoms with Gasteiger partial charge in [-0.2, -0.15) is 5.10 Å². The number of aromatic amines is 1. The molecule has 0 amide bonds. The molecule has 0 fully saturated rings. The van der Waals surface area contributed by atoms with Crippen LogP contribution in [-0.4, -0.2) is 23.3 Å². The lowest BCUT2D eigenvalue weighted by Crippen LogP contribution is -1.96. The van der Waals surface area contributed by atoms with Crippen molar-refractivity contribution >= 4 is 22.9 Å². The highest BCUT2D eigenvalue weighted by Gasteiger charge is 2.01. The number of benzene rings is 1. The van der Waals surface area contributed by atoms with Crippen LogP contribution in [0.15, 0.2) is 24.4 Å². The number of aryl methyl sites for hydroxylation is 1. The summed E-state index contributed by atoms with van der Waals surface area (Å²) < 4.78 is 4.57. The summed E-state index contributed by atoms with van der Waals surface area (Å²) in [4.78, 5) is 11.0. The highest BCUT2D eigenvalue weighted by atomic mass is 16.5. The quantitative estimate of drug-likeness (QED) is 0.824. The van der Waals surface area contributed by atoms with Gasteiger partial charge in [-0.05, 0) is 30.2 Å². The van der Waals surface area contributed by atoms with Gasteiger partial charge in [0.2, 0.25) is 0 Å². The number of nitrogens with zero attached hydrogens (tertiary/aromatic N) is 1. The average molecular weight is 230 g/mol. The van der Waals surface area contributed by atoms with Gasteiger partial charge < -0.3 is 4.74 Å². The zero-order valence-corrected chi connectivity index (χ0v) is 9.86. The first-order chi connectivity index (χ1) is 8.20. The van der Waals surface area contributed by atoms with Crippen LogP contribution in [-0.2, 0) is 9.53 Å². The van der Waals surface area contributed by atoms with Crippen molar-refractivity contribution in [3.63, 3.8) is 0 Å². The van der Waals surface area contributed by atoms with E-state index in [4.69, 9.17) is 0 Å². The van der Waals surface area contributed by atoms with E-state index >= 15 is 0 Å². The van der Waals surface area contributed by atoms with Crippen LogP contribution in [0.3, 0.4) is 0 Å². The summed E-state index contributed by atoms with van der Waals surface area (Å²) in [7, 11) is 1.39. The molecule has 1 aromatic carbocycles. The number of hydrogen-bond acceptors (Lipinski definition) is 3. The Bertz CT molecular complexity index is 570. The Morgan fingerprint density at radius 3 is 3.12 bits per heavy atom. The van der Waals surface area contributed by atoms with Crippen LogP contribution in [0.2, 0.25) is 0 Å². The van der Waals surface area contributed by atoms with Gasteiger partial charge in [0.05, 0.1) is 25.2 Å². The van der Waals surface area contributed by atoms with E-state index in [1.807, 2.05) is 25.1 Å². The van der Waals surface area contributed by atoms with Crippen molar-refractivity contribution in [1.29, 1.82) is 0 Å². The molecular formula is C13H14N2O2.